The maximum atomic E-state index is 12.1. The molecule has 5 nitrogen and oxygen atoms in total. The lowest BCUT2D eigenvalue weighted by Crippen LogP contribution is -2.22. The van der Waals surface area contributed by atoms with Gasteiger partial charge in [0.25, 0.3) is 0 Å². The zero-order valence-electron chi connectivity index (χ0n) is 13.8. The van der Waals surface area contributed by atoms with Gasteiger partial charge in [0.2, 0.25) is 5.91 Å². The first-order chi connectivity index (χ1) is 12.0. The summed E-state index contributed by atoms with van der Waals surface area (Å²) >= 11 is 2.11. The van der Waals surface area contributed by atoms with Gasteiger partial charge in [-0.05, 0) is 52.8 Å². The highest BCUT2D eigenvalue weighted by Gasteiger charge is 2.12. The van der Waals surface area contributed by atoms with E-state index in [9.17, 15) is 14.4 Å². The number of benzene rings is 2. The number of hydrogen-bond donors (Lipinski definition) is 1. The Balaban J connectivity index is 1.86. The first-order valence-corrected chi connectivity index (χ1v) is 8.83. The van der Waals surface area contributed by atoms with E-state index in [1.807, 2.05) is 18.2 Å². The number of carbonyl (C=O) groups excluding carboxylic acids is 3. The fraction of sp³-hybridized carbons (Fsp3) is 0.211. The molecule has 0 radical (unpaired) electrons. The molecule has 6 heteroatoms. The van der Waals surface area contributed by atoms with E-state index in [2.05, 4.69) is 27.9 Å². The van der Waals surface area contributed by atoms with E-state index in [1.165, 1.54) is 6.92 Å². The van der Waals surface area contributed by atoms with Crippen LogP contribution in [0.3, 0.4) is 0 Å². The molecular formula is C19H18INO4. The second-order valence-corrected chi connectivity index (χ2v) is 6.69. The van der Waals surface area contributed by atoms with Crippen molar-refractivity contribution >= 4 is 40.3 Å². The van der Waals surface area contributed by atoms with Crippen molar-refractivity contribution in [2.24, 2.45) is 0 Å². The summed E-state index contributed by atoms with van der Waals surface area (Å²) in [7, 11) is 0. The Labute approximate surface area is 159 Å². The molecule has 25 heavy (non-hydrogen) atoms. The fourth-order valence-corrected chi connectivity index (χ4v) is 2.70. The summed E-state index contributed by atoms with van der Waals surface area (Å²) in [5, 5.41) is 2.72. The Morgan fingerprint density at radius 2 is 1.76 bits per heavy atom. The Morgan fingerprint density at radius 3 is 2.40 bits per heavy atom. The van der Waals surface area contributed by atoms with Gasteiger partial charge in [-0.15, -0.1) is 0 Å². The Morgan fingerprint density at radius 1 is 1.04 bits per heavy atom. The Kier molecular flexibility index (Phi) is 7.12. The number of carbonyl (C=O) groups is 3. The molecule has 0 fully saturated rings. The third kappa shape index (κ3) is 6.30. The van der Waals surface area contributed by atoms with Crippen LogP contribution in [0.1, 0.15) is 33.2 Å². The van der Waals surface area contributed by atoms with Gasteiger partial charge in [0.05, 0.1) is 5.56 Å². The van der Waals surface area contributed by atoms with Crippen LogP contribution in [0.25, 0.3) is 0 Å². The molecule has 0 aliphatic carbocycles. The Bertz CT molecular complexity index is 771. The highest BCUT2D eigenvalue weighted by atomic mass is 127. The molecule has 130 valence electrons. The van der Waals surface area contributed by atoms with Crippen LogP contribution >= 0.6 is 22.6 Å². The number of nitrogens with one attached hydrogen (secondary N) is 1. The van der Waals surface area contributed by atoms with Crippen molar-refractivity contribution in [3.63, 3.8) is 0 Å². The van der Waals surface area contributed by atoms with Crippen LogP contribution in [-0.4, -0.2) is 30.8 Å². The number of rotatable bonds is 7. The van der Waals surface area contributed by atoms with Gasteiger partial charge in [-0.1, -0.05) is 30.3 Å². The minimum Gasteiger partial charge on any atom is -0.454 e. The maximum absolute atomic E-state index is 12.1. The number of esters is 1. The number of Topliss-reactive ketones (excluding diaryl/α,β-unsaturated/α-hetero) is 1. The molecule has 2 aromatic carbocycles. The molecule has 0 aliphatic heterocycles. The fourth-order valence-electron chi connectivity index (χ4n) is 2.15. The highest BCUT2D eigenvalue weighted by molar-refractivity contribution is 14.1. The van der Waals surface area contributed by atoms with Gasteiger partial charge in [0.1, 0.15) is 0 Å². The normalized spacial score (nSPS) is 10.2. The van der Waals surface area contributed by atoms with Crippen molar-refractivity contribution in [2.45, 2.75) is 13.3 Å². The van der Waals surface area contributed by atoms with Gasteiger partial charge in [0.15, 0.2) is 12.4 Å². The second-order valence-electron chi connectivity index (χ2n) is 5.44. The lowest BCUT2D eigenvalue weighted by molar-refractivity contribution is -0.118. The van der Waals surface area contributed by atoms with E-state index in [0.29, 0.717) is 24.1 Å². The number of ketones is 1. The molecule has 1 amide bonds. The van der Waals surface area contributed by atoms with Crippen LogP contribution in [0.5, 0.6) is 0 Å². The van der Waals surface area contributed by atoms with Crippen LogP contribution in [0, 0.1) is 3.57 Å². The zero-order chi connectivity index (χ0) is 18.2. The molecule has 0 aromatic heterocycles. The summed E-state index contributed by atoms with van der Waals surface area (Å²) in [6.07, 6.45) is 0.690. The topological polar surface area (TPSA) is 72.5 Å². The molecular weight excluding hydrogens is 433 g/mol. The van der Waals surface area contributed by atoms with E-state index >= 15 is 0 Å². The molecule has 2 aromatic rings. The quantitative estimate of drug-likeness (QED) is 0.399. The van der Waals surface area contributed by atoms with Crippen molar-refractivity contribution in [2.75, 3.05) is 13.2 Å². The van der Waals surface area contributed by atoms with Crippen molar-refractivity contribution in [3.8, 4) is 0 Å². The summed E-state index contributed by atoms with van der Waals surface area (Å²) in [6.45, 7) is 1.73. The molecule has 0 saturated carbocycles. The van der Waals surface area contributed by atoms with E-state index in [0.717, 1.165) is 9.13 Å². The minimum atomic E-state index is -0.515. The average molecular weight is 451 g/mol. The van der Waals surface area contributed by atoms with Gasteiger partial charge in [0, 0.05) is 22.6 Å². The molecule has 0 heterocycles. The molecule has 0 unspecified atom stereocenters. The lowest BCUT2D eigenvalue weighted by atomic mass is 10.1. The van der Waals surface area contributed by atoms with Crippen LogP contribution < -0.4 is 5.32 Å². The molecule has 0 bridgehead atoms. The third-order valence-electron chi connectivity index (χ3n) is 3.46. The van der Waals surface area contributed by atoms with Crippen molar-refractivity contribution in [3.05, 3.63) is 68.8 Å². The summed E-state index contributed by atoms with van der Waals surface area (Å²) in [6, 6.07) is 14.0. The standard InChI is InChI=1S/C19H18INO4/c1-13(22)21-10-9-14-5-7-15(8-6-14)18(23)12-25-19(24)16-3-2-4-17(20)11-16/h2-8,11H,9-10,12H2,1H3,(H,21,22). The van der Waals surface area contributed by atoms with Crippen molar-refractivity contribution in [1.82, 2.24) is 5.32 Å². The van der Waals surface area contributed by atoms with E-state index < -0.39 is 5.97 Å². The summed E-state index contributed by atoms with van der Waals surface area (Å²) < 4.78 is 6.01. The molecule has 1 N–H and O–H groups in total. The molecule has 0 saturated heterocycles. The Hall–Kier alpha value is -2.22. The van der Waals surface area contributed by atoms with Crippen LogP contribution in [0.15, 0.2) is 48.5 Å². The second kappa shape index (κ2) is 9.31. The van der Waals surface area contributed by atoms with Crippen LogP contribution in [0.4, 0.5) is 0 Å². The molecule has 2 rings (SSSR count). The highest BCUT2D eigenvalue weighted by Crippen LogP contribution is 2.10. The van der Waals surface area contributed by atoms with Gasteiger partial charge in [-0.3, -0.25) is 9.59 Å². The van der Waals surface area contributed by atoms with Gasteiger partial charge < -0.3 is 10.1 Å². The predicted molar refractivity (Wildman–Crippen MR) is 103 cm³/mol. The third-order valence-corrected chi connectivity index (χ3v) is 4.13. The van der Waals surface area contributed by atoms with Gasteiger partial charge in [-0.2, -0.15) is 0 Å². The molecule has 0 aliphatic rings. The first kappa shape index (κ1) is 19.1. The number of amides is 1. The van der Waals surface area contributed by atoms with E-state index in [1.54, 1.807) is 30.3 Å². The minimum absolute atomic E-state index is 0.0679. The number of halogens is 1. The molecule has 0 spiro atoms. The van der Waals surface area contributed by atoms with Gasteiger partial charge in [-0.25, -0.2) is 4.79 Å². The van der Waals surface area contributed by atoms with Crippen molar-refractivity contribution < 1.29 is 19.1 Å². The average Bonchev–Trinajstić information content (AvgIpc) is 2.59. The number of hydrogen-bond acceptors (Lipinski definition) is 4. The molecule has 0 atom stereocenters. The number of ether oxygens (including phenoxy) is 1. The van der Waals surface area contributed by atoms with Crippen LogP contribution in [-0.2, 0) is 16.0 Å². The smallest absolute Gasteiger partial charge is 0.338 e. The first-order valence-electron chi connectivity index (χ1n) is 7.75. The van der Waals surface area contributed by atoms with E-state index in [4.69, 9.17) is 4.74 Å². The van der Waals surface area contributed by atoms with Gasteiger partial charge >= 0.3 is 5.97 Å². The monoisotopic (exact) mass is 451 g/mol. The summed E-state index contributed by atoms with van der Waals surface area (Å²) in [5.74, 6) is -0.840. The van der Waals surface area contributed by atoms with Crippen molar-refractivity contribution in [1.29, 1.82) is 0 Å². The SMILES string of the molecule is CC(=O)NCCc1ccc(C(=O)COC(=O)c2cccc(I)c2)cc1. The maximum Gasteiger partial charge on any atom is 0.338 e. The van der Waals surface area contributed by atoms with Crippen LogP contribution in [0.2, 0.25) is 0 Å². The summed E-state index contributed by atoms with van der Waals surface area (Å²) in [5.41, 5.74) is 1.92. The van der Waals surface area contributed by atoms with E-state index in [-0.39, 0.29) is 18.3 Å². The summed E-state index contributed by atoms with van der Waals surface area (Å²) in [4.78, 5) is 34.9. The largest absolute Gasteiger partial charge is 0.454 e. The predicted octanol–water partition coefficient (Wildman–Crippen LogP) is 3.01. The zero-order valence-corrected chi connectivity index (χ0v) is 15.9. The lowest BCUT2D eigenvalue weighted by Gasteiger charge is -2.06.